The number of ether oxygens (including phenoxy) is 1. The lowest BCUT2D eigenvalue weighted by Crippen LogP contribution is -2.43. The number of likely N-dealkylation sites (tertiary alicyclic amines) is 1. The normalized spacial score (nSPS) is 24.0. The Bertz CT molecular complexity index is 414. The van der Waals surface area contributed by atoms with Crippen molar-refractivity contribution in [3.05, 3.63) is 0 Å². The van der Waals surface area contributed by atoms with Gasteiger partial charge in [-0.1, -0.05) is 0 Å². The zero-order valence-electron chi connectivity index (χ0n) is 14.3. The van der Waals surface area contributed by atoms with Crippen LogP contribution in [0.4, 0.5) is 0 Å². The van der Waals surface area contributed by atoms with Gasteiger partial charge in [-0.15, -0.1) is 24.0 Å². The number of amides is 1. The Morgan fingerprint density at radius 1 is 1.43 bits per heavy atom. The van der Waals surface area contributed by atoms with Crippen LogP contribution in [0.1, 0.15) is 12.8 Å². The Hall–Kier alpha value is -0.220. The van der Waals surface area contributed by atoms with Gasteiger partial charge in [0.1, 0.15) is 6.54 Å². The molecule has 134 valence electrons. The number of likely N-dealkylation sites (N-methyl/N-ethyl adjacent to an activating group) is 1. The van der Waals surface area contributed by atoms with E-state index in [1.807, 2.05) is 0 Å². The summed E-state index contributed by atoms with van der Waals surface area (Å²) >= 11 is 1.80. The van der Waals surface area contributed by atoms with E-state index in [0.717, 1.165) is 57.4 Å². The van der Waals surface area contributed by atoms with Gasteiger partial charge in [-0.2, -0.15) is 11.8 Å². The molecule has 23 heavy (non-hydrogen) atoms. The van der Waals surface area contributed by atoms with E-state index < -0.39 is 0 Å². The van der Waals surface area contributed by atoms with Gasteiger partial charge < -0.3 is 19.9 Å². The van der Waals surface area contributed by atoms with Crippen LogP contribution in [0.25, 0.3) is 0 Å². The lowest BCUT2D eigenvalue weighted by Gasteiger charge is -2.25. The van der Waals surface area contributed by atoms with Crippen LogP contribution >= 0.6 is 35.7 Å². The van der Waals surface area contributed by atoms with Crippen molar-refractivity contribution in [2.24, 2.45) is 10.4 Å². The summed E-state index contributed by atoms with van der Waals surface area (Å²) in [5.41, 5.74) is 0.299. The standard InChI is InChI=1S/C15H28N4O2S.HI/c1-18(2)13(20)10-17-14(16-6-9-22-3)19-7-4-15(11-19)5-8-21-12-15;/h4-12H2,1-3H3,(H,16,17);1H. The Labute approximate surface area is 160 Å². The number of halogens is 1. The van der Waals surface area contributed by atoms with Crippen LogP contribution in [0.5, 0.6) is 0 Å². The van der Waals surface area contributed by atoms with Gasteiger partial charge in [0.05, 0.1) is 6.61 Å². The molecule has 2 heterocycles. The minimum absolute atomic E-state index is 0. The van der Waals surface area contributed by atoms with Gasteiger partial charge in [0.25, 0.3) is 0 Å². The molecule has 2 fully saturated rings. The largest absolute Gasteiger partial charge is 0.381 e. The molecule has 1 amide bonds. The van der Waals surface area contributed by atoms with Gasteiger partial charge in [-0.05, 0) is 19.1 Å². The van der Waals surface area contributed by atoms with Gasteiger partial charge in [-0.3, -0.25) is 4.79 Å². The third-order valence-corrected chi connectivity index (χ3v) is 4.99. The van der Waals surface area contributed by atoms with Crippen LogP contribution in [0.15, 0.2) is 4.99 Å². The first-order valence-electron chi connectivity index (χ1n) is 7.86. The third-order valence-electron chi connectivity index (χ3n) is 4.38. The second kappa shape index (κ2) is 9.93. The van der Waals surface area contributed by atoms with E-state index in [9.17, 15) is 4.79 Å². The van der Waals surface area contributed by atoms with E-state index in [1.165, 1.54) is 0 Å². The Kier molecular flexibility index (Phi) is 8.99. The fraction of sp³-hybridized carbons (Fsp3) is 0.867. The minimum Gasteiger partial charge on any atom is -0.381 e. The molecule has 2 aliphatic heterocycles. The van der Waals surface area contributed by atoms with Gasteiger partial charge in [0.15, 0.2) is 5.96 Å². The van der Waals surface area contributed by atoms with Crippen molar-refractivity contribution in [1.29, 1.82) is 0 Å². The number of carbonyl (C=O) groups is 1. The number of carbonyl (C=O) groups excluding carboxylic acids is 1. The molecule has 0 aliphatic carbocycles. The number of hydrogen-bond acceptors (Lipinski definition) is 4. The maximum Gasteiger partial charge on any atom is 0.243 e. The summed E-state index contributed by atoms with van der Waals surface area (Å²) in [6, 6.07) is 0. The fourth-order valence-electron chi connectivity index (χ4n) is 2.90. The molecule has 0 aromatic carbocycles. The van der Waals surface area contributed by atoms with Crippen LogP contribution in [0.2, 0.25) is 0 Å². The van der Waals surface area contributed by atoms with E-state index in [4.69, 9.17) is 4.74 Å². The molecule has 8 heteroatoms. The second-order valence-electron chi connectivity index (χ2n) is 6.32. The Morgan fingerprint density at radius 3 is 2.83 bits per heavy atom. The molecule has 0 radical (unpaired) electrons. The van der Waals surface area contributed by atoms with E-state index in [2.05, 4.69) is 21.5 Å². The van der Waals surface area contributed by atoms with E-state index >= 15 is 0 Å². The first kappa shape index (κ1) is 20.8. The van der Waals surface area contributed by atoms with E-state index in [0.29, 0.717) is 5.41 Å². The molecular formula is C15H29IN4O2S. The van der Waals surface area contributed by atoms with Crippen LogP contribution < -0.4 is 5.32 Å². The van der Waals surface area contributed by atoms with Crippen LogP contribution in [0, 0.1) is 5.41 Å². The van der Waals surface area contributed by atoms with Crippen LogP contribution in [0.3, 0.4) is 0 Å². The van der Waals surface area contributed by atoms with E-state index in [-0.39, 0.29) is 36.4 Å². The molecule has 2 saturated heterocycles. The van der Waals surface area contributed by atoms with Crippen LogP contribution in [-0.2, 0) is 9.53 Å². The number of aliphatic imine (C=N–C) groups is 1. The Balaban J connectivity index is 0.00000264. The number of guanidine groups is 1. The van der Waals surface area contributed by atoms with Crippen molar-refractivity contribution < 1.29 is 9.53 Å². The second-order valence-corrected chi connectivity index (χ2v) is 7.31. The summed E-state index contributed by atoms with van der Waals surface area (Å²) in [4.78, 5) is 20.2. The van der Waals surface area contributed by atoms with Crippen molar-refractivity contribution in [3.63, 3.8) is 0 Å². The molecule has 2 rings (SSSR count). The van der Waals surface area contributed by atoms with Crippen molar-refractivity contribution in [2.75, 3.05) is 65.5 Å². The smallest absolute Gasteiger partial charge is 0.243 e. The molecule has 1 unspecified atom stereocenters. The monoisotopic (exact) mass is 456 g/mol. The topological polar surface area (TPSA) is 57.2 Å². The lowest BCUT2D eigenvalue weighted by molar-refractivity contribution is -0.127. The van der Waals surface area contributed by atoms with Crippen molar-refractivity contribution in [2.45, 2.75) is 12.8 Å². The third kappa shape index (κ3) is 5.97. The van der Waals surface area contributed by atoms with Gasteiger partial charge >= 0.3 is 0 Å². The zero-order valence-corrected chi connectivity index (χ0v) is 17.5. The highest BCUT2D eigenvalue weighted by molar-refractivity contribution is 14.0. The number of nitrogens with zero attached hydrogens (tertiary/aromatic N) is 3. The molecule has 0 aromatic rings. The first-order chi connectivity index (χ1) is 10.6. The Morgan fingerprint density at radius 2 is 2.22 bits per heavy atom. The molecule has 6 nitrogen and oxygen atoms in total. The molecule has 0 saturated carbocycles. The van der Waals surface area contributed by atoms with Crippen molar-refractivity contribution >= 4 is 47.6 Å². The SMILES string of the molecule is CSCCNC(=NCC(=O)N(C)C)N1CCC2(CCOC2)C1.I. The summed E-state index contributed by atoms with van der Waals surface area (Å²) in [7, 11) is 3.53. The number of rotatable bonds is 5. The molecule has 1 atom stereocenters. The zero-order chi connectivity index (χ0) is 16.0. The highest BCUT2D eigenvalue weighted by atomic mass is 127. The molecule has 0 bridgehead atoms. The highest BCUT2D eigenvalue weighted by Crippen LogP contribution is 2.38. The summed E-state index contributed by atoms with van der Waals surface area (Å²) in [6.07, 6.45) is 4.38. The first-order valence-corrected chi connectivity index (χ1v) is 9.26. The summed E-state index contributed by atoms with van der Waals surface area (Å²) < 4.78 is 5.59. The number of nitrogens with one attached hydrogen (secondary N) is 1. The number of thioether (sulfide) groups is 1. The van der Waals surface area contributed by atoms with Gasteiger partial charge in [0.2, 0.25) is 5.91 Å². The van der Waals surface area contributed by atoms with Crippen molar-refractivity contribution in [1.82, 2.24) is 15.1 Å². The predicted octanol–water partition coefficient (Wildman–Crippen LogP) is 1.11. The quantitative estimate of drug-likeness (QED) is 0.291. The lowest BCUT2D eigenvalue weighted by atomic mass is 9.87. The average Bonchev–Trinajstić information content (AvgIpc) is 3.13. The predicted molar refractivity (Wildman–Crippen MR) is 107 cm³/mol. The number of hydrogen-bond donors (Lipinski definition) is 1. The maximum atomic E-state index is 11.8. The molecule has 2 aliphatic rings. The van der Waals surface area contributed by atoms with Gasteiger partial charge in [-0.25, -0.2) is 4.99 Å². The highest BCUT2D eigenvalue weighted by Gasteiger charge is 2.42. The maximum absolute atomic E-state index is 11.8. The molecule has 1 spiro atoms. The van der Waals surface area contributed by atoms with E-state index in [1.54, 1.807) is 30.8 Å². The summed E-state index contributed by atoms with van der Waals surface area (Å²) in [5, 5.41) is 3.41. The fourth-order valence-corrected chi connectivity index (χ4v) is 3.21. The molecule has 1 N–H and O–H groups in total. The van der Waals surface area contributed by atoms with Crippen molar-refractivity contribution in [3.8, 4) is 0 Å². The van der Waals surface area contributed by atoms with Crippen LogP contribution in [-0.4, -0.2) is 87.2 Å². The molecular weight excluding hydrogens is 427 g/mol. The van der Waals surface area contributed by atoms with Gasteiger partial charge in [0, 0.05) is 51.5 Å². The summed E-state index contributed by atoms with van der Waals surface area (Å²) in [5.74, 6) is 1.93. The summed E-state index contributed by atoms with van der Waals surface area (Å²) in [6.45, 7) is 4.78. The molecule has 0 aromatic heterocycles. The minimum atomic E-state index is 0. The average molecular weight is 456 g/mol.